The van der Waals surface area contributed by atoms with Crippen LogP contribution >= 0.6 is 0 Å². The monoisotopic (exact) mass is 396 g/mol. The molecule has 2 aromatic rings. The minimum Gasteiger partial charge on any atom is -0.467 e. The highest BCUT2D eigenvalue weighted by molar-refractivity contribution is 5.84. The number of pyridine rings is 1. The number of nitrogens with zero attached hydrogens (tertiary/aromatic N) is 2. The summed E-state index contributed by atoms with van der Waals surface area (Å²) >= 11 is 0. The molecule has 0 saturated carbocycles. The molecule has 0 saturated heterocycles. The van der Waals surface area contributed by atoms with Crippen LogP contribution in [0.15, 0.2) is 42.7 Å². The molecule has 6 heteroatoms. The van der Waals surface area contributed by atoms with Crippen LogP contribution in [0.1, 0.15) is 49.1 Å². The van der Waals surface area contributed by atoms with Gasteiger partial charge in [0.1, 0.15) is 5.60 Å². The van der Waals surface area contributed by atoms with E-state index in [1.807, 2.05) is 45.0 Å². The maximum atomic E-state index is 12.7. The summed E-state index contributed by atoms with van der Waals surface area (Å²) in [6.07, 6.45) is 5.59. The summed E-state index contributed by atoms with van der Waals surface area (Å²) in [5.74, 6) is -0.457. The Morgan fingerprint density at radius 1 is 1.10 bits per heavy atom. The zero-order valence-electron chi connectivity index (χ0n) is 17.5. The van der Waals surface area contributed by atoms with E-state index in [2.05, 4.69) is 11.1 Å². The van der Waals surface area contributed by atoms with Crippen molar-refractivity contribution >= 4 is 12.1 Å². The summed E-state index contributed by atoms with van der Waals surface area (Å²) in [6.45, 7) is 5.84. The fourth-order valence-electron chi connectivity index (χ4n) is 3.56. The minimum atomic E-state index is -0.784. The van der Waals surface area contributed by atoms with E-state index in [0.717, 1.165) is 24.0 Å². The molecule has 1 aromatic heterocycles. The van der Waals surface area contributed by atoms with Crippen molar-refractivity contribution in [3.63, 3.8) is 0 Å². The minimum absolute atomic E-state index is 0.412. The van der Waals surface area contributed by atoms with E-state index in [0.29, 0.717) is 13.0 Å². The second kappa shape index (κ2) is 8.64. The number of ether oxygens (including phenoxy) is 2. The number of esters is 1. The summed E-state index contributed by atoms with van der Waals surface area (Å²) in [5.41, 5.74) is 3.69. The van der Waals surface area contributed by atoms with Crippen LogP contribution in [0.25, 0.3) is 0 Å². The zero-order valence-corrected chi connectivity index (χ0v) is 17.5. The first-order valence-electron chi connectivity index (χ1n) is 9.86. The molecule has 1 aliphatic rings. The molecule has 6 nitrogen and oxygen atoms in total. The van der Waals surface area contributed by atoms with E-state index in [4.69, 9.17) is 9.47 Å². The number of carbonyl (C=O) groups is 2. The fraction of sp³-hybridized carbons (Fsp3) is 0.435. The average Bonchev–Trinajstić information content (AvgIpc) is 2.70. The van der Waals surface area contributed by atoms with E-state index >= 15 is 0 Å². The number of aryl methyl sites for hydroxylation is 2. The number of hydrogen-bond donors (Lipinski definition) is 0. The van der Waals surface area contributed by atoms with Gasteiger partial charge in [-0.15, -0.1) is 0 Å². The third-order valence-corrected chi connectivity index (χ3v) is 4.94. The molecular formula is C23H28N2O4. The first-order chi connectivity index (χ1) is 13.8. The second-order valence-corrected chi connectivity index (χ2v) is 8.24. The lowest BCUT2D eigenvalue weighted by Gasteiger charge is -2.36. The van der Waals surface area contributed by atoms with Gasteiger partial charge in [0.15, 0.2) is 6.04 Å². The predicted molar refractivity (Wildman–Crippen MR) is 109 cm³/mol. The van der Waals surface area contributed by atoms with Gasteiger partial charge in [-0.2, -0.15) is 0 Å². The van der Waals surface area contributed by atoms with E-state index < -0.39 is 23.7 Å². The number of rotatable bonds is 4. The molecule has 0 N–H and O–H groups in total. The van der Waals surface area contributed by atoms with Gasteiger partial charge in [0, 0.05) is 18.9 Å². The summed E-state index contributed by atoms with van der Waals surface area (Å²) < 4.78 is 10.5. The highest BCUT2D eigenvalue weighted by Crippen LogP contribution is 2.33. The maximum absolute atomic E-state index is 12.7. The van der Waals surface area contributed by atoms with E-state index in [1.165, 1.54) is 23.1 Å². The summed E-state index contributed by atoms with van der Waals surface area (Å²) in [6, 6.07) is 9.35. The molecule has 29 heavy (non-hydrogen) atoms. The number of hydrogen-bond acceptors (Lipinski definition) is 5. The molecule has 0 radical (unpaired) electrons. The van der Waals surface area contributed by atoms with Crippen molar-refractivity contribution in [2.24, 2.45) is 0 Å². The van der Waals surface area contributed by atoms with Gasteiger partial charge < -0.3 is 9.47 Å². The Bertz CT molecular complexity index is 874. The molecule has 154 valence electrons. The molecule has 3 rings (SSSR count). The molecule has 1 unspecified atom stereocenters. The van der Waals surface area contributed by atoms with Gasteiger partial charge in [0.25, 0.3) is 0 Å². The average molecular weight is 396 g/mol. The summed E-state index contributed by atoms with van der Waals surface area (Å²) in [4.78, 5) is 30.7. The number of methoxy groups -OCH3 is 1. The predicted octanol–water partition coefficient (Wildman–Crippen LogP) is 3.87. The molecule has 1 atom stereocenters. The van der Waals surface area contributed by atoms with E-state index in [1.54, 1.807) is 12.4 Å². The molecule has 0 bridgehead atoms. The topological polar surface area (TPSA) is 68.7 Å². The van der Waals surface area contributed by atoms with Crippen molar-refractivity contribution in [3.8, 4) is 0 Å². The Morgan fingerprint density at radius 2 is 1.79 bits per heavy atom. The first kappa shape index (κ1) is 20.8. The molecular weight excluding hydrogens is 368 g/mol. The van der Waals surface area contributed by atoms with Gasteiger partial charge in [-0.25, -0.2) is 9.59 Å². The molecule has 1 amide bonds. The summed E-state index contributed by atoms with van der Waals surface area (Å²) in [7, 11) is 1.34. The zero-order chi connectivity index (χ0) is 21.0. The van der Waals surface area contributed by atoms with Crippen molar-refractivity contribution in [1.82, 2.24) is 9.88 Å². The molecule has 1 aromatic carbocycles. The lowest BCUT2D eigenvalue weighted by atomic mass is 9.90. The Balaban J connectivity index is 1.82. The molecule has 2 heterocycles. The van der Waals surface area contributed by atoms with Gasteiger partial charge in [-0.05, 0) is 74.4 Å². The third kappa shape index (κ3) is 5.13. The van der Waals surface area contributed by atoms with Crippen LogP contribution < -0.4 is 0 Å². The number of carbonyl (C=O) groups excluding carboxylic acids is 2. The van der Waals surface area contributed by atoms with Crippen LogP contribution in [0.2, 0.25) is 0 Å². The van der Waals surface area contributed by atoms with Crippen molar-refractivity contribution in [3.05, 3.63) is 65.0 Å². The highest BCUT2D eigenvalue weighted by atomic mass is 16.6. The first-order valence-corrected chi connectivity index (χ1v) is 9.86. The van der Waals surface area contributed by atoms with Gasteiger partial charge in [0.2, 0.25) is 0 Å². The lowest BCUT2D eigenvalue weighted by Crippen LogP contribution is -2.46. The van der Waals surface area contributed by atoms with Gasteiger partial charge in [0.05, 0.1) is 7.11 Å². The fourth-order valence-corrected chi connectivity index (χ4v) is 3.56. The van der Waals surface area contributed by atoms with Crippen LogP contribution in [-0.2, 0) is 33.5 Å². The van der Waals surface area contributed by atoms with Crippen molar-refractivity contribution in [1.29, 1.82) is 0 Å². The second-order valence-electron chi connectivity index (χ2n) is 8.24. The normalized spacial score (nSPS) is 16.1. The number of aromatic nitrogens is 1. The molecule has 1 aliphatic heterocycles. The quantitative estimate of drug-likeness (QED) is 0.734. The van der Waals surface area contributed by atoms with Gasteiger partial charge in [-0.1, -0.05) is 18.2 Å². The Kier molecular flexibility index (Phi) is 6.20. The standard InChI is InChI=1S/C23H28N2O4/c1-23(2,3)29-22(27)25-14-11-18-15-17(6-5-16-9-12-24-13-10-16)7-8-19(18)20(25)21(26)28-4/h7-10,12-13,15,20H,5-6,11,14H2,1-4H3. The van der Waals surface area contributed by atoms with Crippen molar-refractivity contribution in [2.45, 2.75) is 51.7 Å². The molecule has 0 aliphatic carbocycles. The van der Waals surface area contributed by atoms with Crippen LogP contribution in [0.4, 0.5) is 4.79 Å². The SMILES string of the molecule is COC(=O)C1c2ccc(CCc3ccncc3)cc2CCN1C(=O)OC(C)(C)C. The van der Waals surface area contributed by atoms with Crippen LogP contribution in [0.3, 0.4) is 0 Å². The highest BCUT2D eigenvalue weighted by Gasteiger charge is 2.38. The number of amides is 1. The third-order valence-electron chi connectivity index (χ3n) is 4.94. The van der Waals surface area contributed by atoms with Gasteiger partial charge in [-0.3, -0.25) is 9.88 Å². The Morgan fingerprint density at radius 3 is 2.45 bits per heavy atom. The number of benzene rings is 1. The summed E-state index contributed by atoms with van der Waals surface area (Å²) in [5, 5.41) is 0. The van der Waals surface area contributed by atoms with Crippen molar-refractivity contribution in [2.75, 3.05) is 13.7 Å². The smallest absolute Gasteiger partial charge is 0.411 e. The van der Waals surface area contributed by atoms with Crippen LogP contribution in [-0.4, -0.2) is 41.2 Å². The molecule has 0 fully saturated rings. The van der Waals surface area contributed by atoms with Crippen LogP contribution in [0, 0.1) is 0 Å². The van der Waals surface area contributed by atoms with Gasteiger partial charge >= 0.3 is 12.1 Å². The number of fused-ring (bicyclic) bond motifs is 1. The Labute approximate surface area is 171 Å². The van der Waals surface area contributed by atoms with Crippen LogP contribution in [0.5, 0.6) is 0 Å². The largest absolute Gasteiger partial charge is 0.467 e. The van der Waals surface area contributed by atoms with E-state index in [9.17, 15) is 9.59 Å². The maximum Gasteiger partial charge on any atom is 0.411 e. The molecule has 0 spiro atoms. The lowest BCUT2D eigenvalue weighted by molar-refractivity contribution is -0.147. The van der Waals surface area contributed by atoms with Crippen molar-refractivity contribution < 1.29 is 19.1 Å². The van der Waals surface area contributed by atoms with E-state index in [-0.39, 0.29) is 0 Å². The Hall–Kier alpha value is -2.89.